The number of benzene rings is 2. The molecule has 1 amide bonds. The zero-order chi connectivity index (χ0) is 21.9. The number of methoxy groups -OCH3 is 1. The van der Waals surface area contributed by atoms with Crippen molar-refractivity contribution < 1.29 is 28.7 Å². The number of hydrogen-bond acceptors (Lipinski definition) is 8. The summed E-state index contributed by atoms with van der Waals surface area (Å²) >= 11 is 0. The molecular weight excluding hydrogens is 394 g/mol. The maximum Gasteiger partial charge on any atom is 0.344 e. The van der Waals surface area contributed by atoms with E-state index in [9.17, 15) is 19.7 Å². The van der Waals surface area contributed by atoms with E-state index in [1.807, 2.05) is 0 Å². The molecule has 0 aromatic heterocycles. The summed E-state index contributed by atoms with van der Waals surface area (Å²) in [7, 11) is 1.45. The number of rotatable bonds is 10. The molecule has 2 aromatic rings. The summed E-state index contributed by atoms with van der Waals surface area (Å²) in [6.07, 6.45) is 1.20. The molecule has 0 saturated carbocycles. The number of nitro benzene ring substituents is 1. The van der Waals surface area contributed by atoms with Gasteiger partial charge in [0.05, 0.1) is 31.3 Å². The molecule has 0 bridgehead atoms. The molecular formula is C20H21N3O7. The van der Waals surface area contributed by atoms with E-state index in [0.29, 0.717) is 22.6 Å². The molecule has 10 nitrogen and oxygen atoms in total. The van der Waals surface area contributed by atoms with Crippen molar-refractivity contribution in [1.82, 2.24) is 5.43 Å². The quantitative estimate of drug-likeness (QED) is 0.273. The summed E-state index contributed by atoms with van der Waals surface area (Å²) in [5.41, 5.74) is 3.09. The Balaban J connectivity index is 1.96. The van der Waals surface area contributed by atoms with Crippen LogP contribution in [0.1, 0.15) is 18.1 Å². The van der Waals surface area contributed by atoms with Crippen molar-refractivity contribution in [3.63, 3.8) is 0 Å². The van der Waals surface area contributed by atoms with Crippen molar-refractivity contribution in [2.24, 2.45) is 5.10 Å². The van der Waals surface area contributed by atoms with Gasteiger partial charge in [0, 0.05) is 11.6 Å². The molecule has 30 heavy (non-hydrogen) atoms. The van der Waals surface area contributed by atoms with E-state index in [4.69, 9.17) is 14.2 Å². The second-order valence-corrected chi connectivity index (χ2v) is 5.86. The number of hydrazone groups is 1. The van der Waals surface area contributed by atoms with Gasteiger partial charge in [-0.25, -0.2) is 10.2 Å². The van der Waals surface area contributed by atoms with Gasteiger partial charge in [0.2, 0.25) is 5.91 Å². The first kappa shape index (κ1) is 22.3. The number of nitrogens with one attached hydrogen (secondary N) is 1. The van der Waals surface area contributed by atoms with E-state index in [-0.39, 0.29) is 25.3 Å². The van der Waals surface area contributed by atoms with Crippen molar-refractivity contribution in [1.29, 1.82) is 0 Å². The van der Waals surface area contributed by atoms with Gasteiger partial charge >= 0.3 is 5.97 Å². The zero-order valence-electron chi connectivity index (χ0n) is 16.5. The standard InChI is InChI=1S/C20H21N3O7/c1-3-29-20(25)13-30-17-9-8-14(10-18(17)28-2)12-21-22-19(24)11-15-6-4-5-7-16(15)23(26)27/h4-10,12H,3,11,13H2,1-2H3,(H,22,24). The van der Waals surface area contributed by atoms with E-state index >= 15 is 0 Å². The number of para-hydroxylation sites is 1. The number of ether oxygens (including phenoxy) is 3. The fraction of sp³-hybridized carbons (Fsp3) is 0.250. The molecule has 0 aliphatic carbocycles. The predicted molar refractivity (Wildman–Crippen MR) is 108 cm³/mol. The Labute approximate surface area is 172 Å². The van der Waals surface area contributed by atoms with Crippen LogP contribution in [0.4, 0.5) is 5.69 Å². The van der Waals surface area contributed by atoms with Gasteiger partial charge in [0.25, 0.3) is 5.69 Å². The Kier molecular flexibility index (Phi) is 8.30. The fourth-order valence-electron chi connectivity index (χ4n) is 2.45. The van der Waals surface area contributed by atoms with E-state index in [1.165, 1.54) is 31.5 Å². The van der Waals surface area contributed by atoms with Gasteiger partial charge in [0.15, 0.2) is 18.1 Å². The third-order valence-corrected chi connectivity index (χ3v) is 3.78. The molecule has 158 valence electrons. The Morgan fingerprint density at radius 1 is 1.20 bits per heavy atom. The Bertz CT molecular complexity index is 944. The molecule has 0 unspecified atom stereocenters. The smallest absolute Gasteiger partial charge is 0.344 e. The number of esters is 1. The van der Waals surface area contributed by atoms with Crippen LogP contribution in [0.15, 0.2) is 47.6 Å². The maximum atomic E-state index is 12.0. The summed E-state index contributed by atoms with van der Waals surface area (Å²) in [4.78, 5) is 33.9. The molecule has 0 spiro atoms. The number of nitrogens with zero attached hydrogens (tertiary/aromatic N) is 2. The third kappa shape index (κ3) is 6.59. The predicted octanol–water partition coefficient (Wildman–Crippen LogP) is 2.24. The molecule has 0 aliphatic rings. The van der Waals surface area contributed by atoms with Crippen molar-refractivity contribution >= 4 is 23.8 Å². The summed E-state index contributed by atoms with van der Waals surface area (Å²) in [5, 5.41) is 14.9. The summed E-state index contributed by atoms with van der Waals surface area (Å²) in [6.45, 7) is 1.71. The van der Waals surface area contributed by atoms with E-state index in [1.54, 1.807) is 31.2 Å². The average molecular weight is 415 g/mol. The first-order chi connectivity index (χ1) is 14.4. The van der Waals surface area contributed by atoms with Crippen LogP contribution in [0.5, 0.6) is 11.5 Å². The highest BCUT2D eigenvalue weighted by atomic mass is 16.6. The van der Waals surface area contributed by atoms with Gasteiger partial charge in [0.1, 0.15) is 0 Å². The normalized spacial score (nSPS) is 10.5. The number of nitro groups is 1. The largest absolute Gasteiger partial charge is 0.493 e. The average Bonchev–Trinajstić information content (AvgIpc) is 2.73. The van der Waals surface area contributed by atoms with Crippen LogP contribution in [0.3, 0.4) is 0 Å². The minimum absolute atomic E-state index is 0.125. The van der Waals surface area contributed by atoms with Crippen LogP contribution in [0.25, 0.3) is 0 Å². The first-order valence-electron chi connectivity index (χ1n) is 8.95. The van der Waals surface area contributed by atoms with Gasteiger partial charge in [-0.1, -0.05) is 18.2 Å². The molecule has 2 aromatic carbocycles. The summed E-state index contributed by atoms with van der Waals surface area (Å²) in [6, 6.07) is 10.9. The second kappa shape index (κ2) is 11.1. The van der Waals surface area contributed by atoms with Crippen LogP contribution in [0.2, 0.25) is 0 Å². The van der Waals surface area contributed by atoms with Gasteiger partial charge in [-0.3, -0.25) is 14.9 Å². The highest BCUT2D eigenvalue weighted by Crippen LogP contribution is 2.27. The lowest BCUT2D eigenvalue weighted by Crippen LogP contribution is -2.20. The second-order valence-electron chi connectivity index (χ2n) is 5.86. The monoisotopic (exact) mass is 415 g/mol. The van der Waals surface area contributed by atoms with Crippen molar-refractivity contribution in [2.45, 2.75) is 13.3 Å². The Morgan fingerprint density at radius 3 is 2.67 bits per heavy atom. The number of carbonyl (C=O) groups is 2. The topological polar surface area (TPSA) is 129 Å². The van der Waals surface area contributed by atoms with Crippen molar-refractivity contribution in [2.75, 3.05) is 20.3 Å². The lowest BCUT2D eigenvalue weighted by Gasteiger charge is -2.10. The van der Waals surface area contributed by atoms with Gasteiger partial charge in [-0.2, -0.15) is 5.10 Å². The lowest BCUT2D eigenvalue weighted by molar-refractivity contribution is -0.385. The summed E-state index contributed by atoms with van der Waals surface area (Å²) in [5.74, 6) is -0.272. The molecule has 0 radical (unpaired) electrons. The molecule has 0 saturated heterocycles. The van der Waals surface area contributed by atoms with Crippen molar-refractivity contribution in [3.05, 3.63) is 63.7 Å². The van der Waals surface area contributed by atoms with Crippen LogP contribution in [-0.2, 0) is 20.7 Å². The molecule has 2 rings (SSSR count). The van der Waals surface area contributed by atoms with E-state index in [0.717, 1.165) is 0 Å². The zero-order valence-corrected chi connectivity index (χ0v) is 16.5. The highest BCUT2D eigenvalue weighted by Gasteiger charge is 2.15. The molecule has 0 fully saturated rings. The SMILES string of the molecule is CCOC(=O)COc1ccc(C=NNC(=O)Cc2ccccc2[N+](=O)[O-])cc1OC. The Morgan fingerprint density at radius 2 is 1.97 bits per heavy atom. The number of carbonyl (C=O) groups excluding carboxylic acids is 2. The minimum atomic E-state index is -0.538. The summed E-state index contributed by atoms with van der Waals surface area (Å²) < 4.78 is 15.4. The molecule has 0 atom stereocenters. The van der Waals surface area contributed by atoms with Gasteiger partial charge in [-0.05, 0) is 30.7 Å². The number of amides is 1. The van der Waals surface area contributed by atoms with Crippen LogP contribution in [-0.4, -0.2) is 43.3 Å². The van der Waals surface area contributed by atoms with E-state index < -0.39 is 16.8 Å². The maximum absolute atomic E-state index is 12.0. The molecule has 0 aliphatic heterocycles. The minimum Gasteiger partial charge on any atom is -0.493 e. The van der Waals surface area contributed by atoms with Gasteiger partial charge in [-0.15, -0.1) is 0 Å². The third-order valence-electron chi connectivity index (χ3n) is 3.78. The molecule has 10 heteroatoms. The Hall–Kier alpha value is -3.95. The molecule has 0 heterocycles. The van der Waals surface area contributed by atoms with E-state index in [2.05, 4.69) is 10.5 Å². The van der Waals surface area contributed by atoms with Crippen LogP contribution >= 0.6 is 0 Å². The fourth-order valence-corrected chi connectivity index (χ4v) is 2.45. The van der Waals surface area contributed by atoms with Gasteiger partial charge < -0.3 is 14.2 Å². The lowest BCUT2D eigenvalue weighted by atomic mass is 10.1. The van der Waals surface area contributed by atoms with Crippen LogP contribution < -0.4 is 14.9 Å². The first-order valence-corrected chi connectivity index (χ1v) is 8.95. The highest BCUT2D eigenvalue weighted by molar-refractivity contribution is 5.84. The molecule has 1 N–H and O–H groups in total. The van der Waals surface area contributed by atoms with Crippen LogP contribution in [0, 0.1) is 10.1 Å². The number of hydrogen-bond donors (Lipinski definition) is 1. The van der Waals surface area contributed by atoms with Crippen molar-refractivity contribution in [3.8, 4) is 11.5 Å².